The summed E-state index contributed by atoms with van der Waals surface area (Å²) in [4.78, 5) is 26.1. The average molecular weight is 432 g/mol. The Morgan fingerprint density at radius 3 is 2.83 bits per heavy atom. The quantitative estimate of drug-likeness (QED) is 0.709. The first-order chi connectivity index (χ1) is 14.5. The molecule has 0 saturated carbocycles. The maximum atomic E-state index is 13.2. The van der Waals surface area contributed by atoms with Crippen LogP contribution < -0.4 is 10.1 Å². The minimum absolute atomic E-state index is 0.0533. The molecule has 7 heteroatoms. The molecule has 1 aliphatic carbocycles. The van der Waals surface area contributed by atoms with Gasteiger partial charge in [0.05, 0.1) is 23.8 Å². The molecule has 6 nitrogen and oxygen atoms in total. The zero-order valence-electron chi connectivity index (χ0n) is 17.3. The Kier molecular flexibility index (Phi) is 6.16. The Hall–Kier alpha value is -2.31. The number of carbonyl (C=O) groups excluding carboxylic acids is 2. The second kappa shape index (κ2) is 8.82. The topological polar surface area (TPSA) is 73.9 Å². The van der Waals surface area contributed by atoms with E-state index in [4.69, 9.17) is 25.8 Å². The molecule has 3 aliphatic rings. The first kappa shape index (κ1) is 20.9. The molecule has 1 fully saturated rings. The molecule has 0 radical (unpaired) electrons. The summed E-state index contributed by atoms with van der Waals surface area (Å²) in [5.41, 5.74) is 3.45. The van der Waals surface area contributed by atoms with Gasteiger partial charge in [0, 0.05) is 35.9 Å². The molecule has 2 aliphatic heterocycles. The fraction of sp³-hybridized carbons (Fsp3) is 0.478. The van der Waals surface area contributed by atoms with Crippen molar-refractivity contribution in [3.05, 3.63) is 51.3 Å². The number of allylic oxidation sites excluding steroid dienone is 3. The summed E-state index contributed by atoms with van der Waals surface area (Å²) in [6, 6.07) is 5.38. The third kappa shape index (κ3) is 3.98. The number of halogens is 1. The van der Waals surface area contributed by atoms with Crippen LogP contribution in [0.25, 0.3) is 0 Å². The van der Waals surface area contributed by atoms with Crippen LogP contribution in [0.1, 0.15) is 50.5 Å². The maximum absolute atomic E-state index is 13.2. The molecule has 2 atom stereocenters. The molecular formula is C23H26ClNO5. The smallest absolute Gasteiger partial charge is 0.336 e. The van der Waals surface area contributed by atoms with E-state index in [0.29, 0.717) is 40.6 Å². The summed E-state index contributed by atoms with van der Waals surface area (Å²) < 4.78 is 16.5. The minimum Gasteiger partial charge on any atom is -0.495 e. The normalized spacial score (nSPS) is 23.9. The Morgan fingerprint density at radius 1 is 1.30 bits per heavy atom. The van der Waals surface area contributed by atoms with Gasteiger partial charge >= 0.3 is 5.97 Å². The van der Waals surface area contributed by atoms with Crippen LogP contribution in [-0.2, 0) is 19.1 Å². The number of benzene rings is 1. The van der Waals surface area contributed by atoms with Gasteiger partial charge in [-0.15, -0.1) is 0 Å². The third-order valence-electron chi connectivity index (χ3n) is 5.93. The number of Topliss-reactive ketones (excluding diaryl/α,β-unsaturated/α-hetero) is 1. The molecule has 0 spiro atoms. The van der Waals surface area contributed by atoms with Crippen LogP contribution in [0.5, 0.6) is 5.75 Å². The van der Waals surface area contributed by atoms with Gasteiger partial charge in [0.1, 0.15) is 12.4 Å². The molecule has 1 saturated heterocycles. The number of rotatable bonds is 5. The van der Waals surface area contributed by atoms with E-state index >= 15 is 0 Å². The summed E-state index contributed by atoms with van der Waals surface area (Å²) in [5.74, 6) is -0.355. The van der Waals surface area contributed by atoms with Crippen molar-refractivity contribution < 1.29 is 23.8 Å². The molecule has 0 aromatic heterocycles. The van der Waals surface area contributed by atoms with Crippen molar-refractivity contribution in [3.8, 4) is 5.75 Å². The van der Waals surface area contributed by atoms with Crippen LogP contribution in [0.2, 0.25) is 5.02 Å². The molecule has 4 rings (SSSR count). The standard InChI is InChI=1S/C23H26ClNO5/c1-13-20(23(27)30-12-15-5-4-10-29-15)21(14-8-9-19(28-2)16(24)11-14)22-17(25-13)6-3-7-18(22)26/h8-9,11,15,21,25H,3-7,10,12H2,1-2H3/t15-,21+/m1/s1. The molecule has 1 aromatic carbocycles. The molecule has 30 heavy (non-hydrogen) atoms. The van der Waals surface area contributed by atoms with E-state index in [-0.39, 0.29) is 18.5 Å². The van der Waals surface area contributed by atoms with Crippen molar-refractivity contribution >= 4 is 23.4 Å². The Balaban J connectivity index is 1.71. The van der Waals surface area contributed by atoms with Gasteiger partial charge in [-0.2, -0.15) is 0 Å². The number of ketones is 1. The third-order valence-corrected chi connectivity index (χ3v) is 6.22. The minimum atomic E-state index is -0.519. The van der Waals surface area contributed by atoms with Crippen LogP contribution in [0.4, 0.5) is 0 Å². The predicted octanol–water partition coefficient (Wildman–Crippen LogP) is 4.04. The number of hydrogen-bond acceptors (Lipinski definition) is 6. The van der Waals surface area contributed by atoms with E-state index < -0.39 is 11.9 Å². The second-order valence-electron chi connectivity index (χ2n) is 7.89. The predicted molar refractivity (Wildman–Crippen MR) is 112 cm³/mol. The molecule has 0 unspecified atom stereocenters. The summed E-state index contributed by atoms with van der Waals surface area (Å²) >= 11 is 6.38. The van der Waals surface area contributed by atoms with Crippen LogP contribution in [0, 0.1) is 0 Å². The van der Waals surface area contributed by atoms with Crippen LogP contribution in [0.15, 0.2) is 40.7 Å². The van der Waals surface area contributed by atoms with Crippen LogP contribution >= 0.6 is 11.6 Å². The summed E-state index contributed by atoms with van der Waals surface area (Å²) in [6.45, 7) is 2.76. The highest BCUT2D eigenvalue weighted by molar-refractivity contribution is 6.32. The molecule has 0 bridgehead atoms. The Bertz CT molecular complexity index is 930. The fourth-order valence-corrected chi connectivity index (χ4v) is 4.74. The van der Waals surface area contributed by atoms with E-state index in [9.17, 15) is 9.59 Å². The maximum Gasteiger partial charge on any atom is 0.336 e. The number of ether oxygens (including phenoxy) is 3. The van der Waals surface area contributed by atoms with E-state index in [1.54, 1.807) is 19.2 Å². The van der Waals surface area contributed by atoms with Gasteiger partial charge in [-0.3, -0.25) is 4.79 Å². The van der Waals surface area contributed by atoms with Gasteiger partial charge in [0.25, 0.3) is 0 Å². The lowest BCUT2D eigenvalue weighted by atomic mass is 9.75. The van der Waals surface area contributed by atoms with Crippen LogP contribution in [0.3, 0.4) is 0 Å². The lowest BCUT2D eigenvalue weighted by Gasteiger charge is -2.34. The van der Waals surface area contributed by atoms with Gasteiger partial charge in [-0.05, 0) is 50.3 Å². The van der Waals surface area contributed by atoms with E-state index in [1.165, 1.54) is 0 Å². The van der Waals surface area contributed by atoms with Crippen molar-refractivity contribution in [2.24, 2.45) is 0 Å². The number of esters is 1. The van der Waals surface area contributed by atoms with Gasteiger partial charge in [0.2, 0.25) is 0 Å². The van der Waals surface area contributed by atoms with E-state index in [0.717, 1.165) is 36.9 Å². The number of carbonyl (C=O) groups is 2. The van der Waals surface area contributed by atoms with Crippen molar-refractivity contribution in [3.63, 3.8) is 0 Å². The molecule has 1 aromatic rings. The van der Waals surface area contributed by atoms with Crippen LogP contribution in [-0.4, -0.2) is 38.2 Å². The largest absolute Gasteiger partial charge is 0.495 e. The fourth-order valence-electron chi connectivity index (χ4n) is 4.47. The highest BCUT2D eigenvalue weighted by atomic mass is 35.5. The lowest BCUT2D eigenvalue weighted by Crippen LogP contribution is -2.35. The van der Waals surface area contributed by atoms with E-state index in [2.05, 4.69) is 5.32 Å². The average Bonchev–Trinajstić information content (AvgIpc) is 3.25. The zero-order valence-corrected chi connectivity index (χ0v) is 18.0. The molecular weight excluding hydrogens is 406 g/mol. The molecule has 1 N–H and O–H groups in total. The van der Waals surface area contributed by atoms with Gasteiger partial charge in [0.15, 0.2) is 5.78 Å². The summed E-state index contributed by atoms with van der Waals surface area (Å²) in [6.07, 6.45) is 3.84. The van der Waals surface area contributed by atoms with Crippen molar-refractivity contribution in [1.82, 2.24) is 5.32 Å². The molecule has 160 valence electrons. The SMILES string of the molecule is COc1ccc([C@H]2C(C(=O)OC[C@H]3CCCO3)=C(C)NC3=C2C(=O)CCC3)cc1Cl. The van der Waals surface area contributed by atoms with Gasteiger partial charge < -0.3 is 19.5 Å². The second-order valence-corrected chi connectivity index (χ2v) is 8.30. The highest BCUT2D eigenvalue weighted by Gasteiger charge is 2.39. The first-order valence-corrected chi connectivity index (χ1v) is 10.7. The summed E-state index contributed by atoms with van der Waals surface area (Å²) in [5, 5.41) is 3.73. The Morgan fingerprint density at radius 2 is 2.13 bits per heavy atom. The zero-order chi connectivity index (χ0) is 21.3. The van der Waals surface area contributed by atoms with Crippen molar-refractivity contribution in [2.75, 3.05) is 20.3 Å². The number of methoxy groups -OCH3 is 1. The van der Waals surface area contributed by atoms with Crippen molar-refractivity contribution in [1.29, 1.82) is 0 Å². The van der Waals surface area contributed by atoms with Gasteiger partial charge in [-0.25, -0.2) is 4.79 Å². The lowest BCUT2D eigenvalue weighted by molar-refractivity contribution is -0.142. The summed E-state index contributed by atoms with van der Waals surface area (Å²) in [7, 11) is 1.55. The molecule has 0 amide bonds. The first-order valence-electron chi connectivity index (χ1n) is 10.4. The van der Waals surface area contributed by atoms with Crippen molar-refractivity contribution in [2.45, 2.75) is 51.0 Å². The number of hydrogen-bond donors (Lipinski definition) is 1. The number of dihydropyridines is 1. The monoisotopic (exact) mass is 431 g/mol. The Labute approximate surface area is 181 Å². The highest BCUT2D eigenvalue weighted by Crippen LogP contribution is 2.44. The molecule has 2 heterocycles. The van der Waals surface area contributed by atoms with E-state index in [1.807, 2.05) is 13.0 Å². The van der Waals surface area contributed by atoms with Gasteiger partial charge in [-0.1, -0.05) is 17.7 Å². The number of nitrogens with one attached hydrogen (secondary N) is 1.